The molecule has 6 heteroatoms. The minimum Gasteiger partial charge on any atom is -0.326 e. The molecule has 6 nitrogen and oxygen atoms in total. The molecule has 0 spiro atoms. The van der Waals surface area contributed by atoms with Gasteiger partial charge < -0.3 is 15.5 Å². The number of nitrogens with one attached hydrogen (secondary N) is 2. The fourth-order valence-corrected chi connectivity index (χ4v) is 3.69. The summed E-state index contributed by atoms with van der Waals surface area (Å²) in [5, 5.41) is 5.66. The van der Waals surface area contributed by atoms with Gasteiger partial charge >= 0.3 is 6.03 Å². The second-order valence-electron chi connectivity index (χ2n) is 7.38. The SMILES string of the molecule is CC(=O)Nc1cccc(NC(=O)N2CCN(CCC3=CCCCC3)CC2)c1. The number of nitrogens with zero attached hydrogens (tertiary/aromatic N) is 2. The van der Waals surface area contributed by atoms with E-state index in [1.54, 1.807) is 17.7 Å². The molecule has 1 aliphatic carbocycles. The van der Waals surface area contributed by atoms with Crippen LogP contribution in [0.15, 0.2) is 35.9 Å². The van der Waals surface area contributed by atoms with Crippen molar-refractivity contribution in [3.63, 3.8) is 0 Å². The van der Waals surface area contributed by atoms with Crippen LogP contribution in [0, 0.1) is 0 Å². The van der Waals surface area contributed by atoms with Crippen molar-refractivity contribution in [1.82, 2.24) is 9.80 Å². The Morgan fingerprint density at radius 3 is 2.44 bits per heavy atom. The zero-order chi connectivity index (χ0) is 19.1. The lowest BCUT2D eigenvalue weighted by atomic mass is 9.97. The Labute approximate surface area is 161 Å². The average molecular weight is 370 g/mol. The normalized spacial score (nSPS) is 18.0. The number of hydrogen-bond acceptors (Lipinski definition) is 3. The van der Waals surface area contributed by atoms with Crippen molar-refractivity contribution >= 4 is 23.3 Å². The number of piperazine rings is 1. The first-order valence-corrected chi connectivity index (χ1v) is 9.94. The van der Waals surface area contributed by atoms with Gasteiger partial charge in [0.1, 0.15) is 0 Å². The van der Waals surface area contributed by atoms with Crippen LogP contribution in [0.2, 0.25) is 0 Å². The maximum atomic E-state index is 12.5. The topological polar surface area (TPSA) is 64.7 Å². The van der Waals surface area contributed by atoms with Crippen LogP contribution in [0.5, 0.6) is 0 Å². The van der Waals surface area contributed by atoms with Crippen LogP contribution in [-0.4, -0.2) is 54.5 Å². The molecule has 1 heterocycles. The number of rotatable bonds is 5. The summed E-state index contributed by atoms with van der Waals surface area (Å²) in [5.74, 6) is -0.126. The van der Waals surface area contributed by atoms with Crippen molar-refractivity contribution in [2.75, 3.05) is 43.4 Å². The molecule has 0 aromatic heterocycles. The molecule has 1 aromatic carbocycles. The molecule has 1 aliphatic heterocycles. The summed E-state index contributed by atoms with van der Waals surface area (Å²) < 4.78 is 0. The molecule has 1 aromatic rings. The van der Waals surface area contributed by atoms with Crippen LogP contribution >= 0.6 is 0 Å². The lowest BCUT2D eigenvalue weighted by Crippen LogP contribution is -2.50. The summed E-state index contributed by atoms with van der Waals surface area (Å²) >= 11 is 0. The van der Waals surface area contributed by atoms with Crippen molar-refractivity contribution in [2.45, 2.75) is 39.0 Å². The summed E-state index contributed by atoms with van der Waals surface area (Å²) in [6.07, 6.45) is 8.77. The fourth-order valence-electron chi connectivity index (χ4n) is 3.69. The number of benzene rings is 1. The van der Waals surface area contributed by atoms with E-state index in [4.69, 9.17) is 0 Å². The van der Waals surface area contributed by atoms with Gasteiger partial charge in [0.05, 0.1) is 0 Å². The van der Waals surface area contributed by atoms with Gasteiger partial charge in [-0.1, -0.05) is 17.7 Å². The highest BCUT2D eigenvalue weighted by Crippen LogP contribution is 2.21. The lowest BCUT2D eigenvalue weighted by molar-refractivity contribution is -0.114. The summed E-state index contributed by atoms with van der Waals surface area (Å²) in [4.78, 5) is 28.0. The zero-order valence-electron chi connectivity index (χ0n) is 16.2. The van der Waals surface area contributed by atoms with E-state index in [0.717, 1.165) is 32.7 Å². The first-order chi connectivity index (χ1) is 13.1. The molecule has 1 fully saturated rings. The van der Waals surface area contributed by atoms with Crippen LogP contribution < -0.4 is 10.6 Å². The molecule has 0 unspecified atom stereocenters. The number of urea groups is 1. The molecule has 2 N–H and O–H groups in total. The van der Waals surface area contributed by atoms with Gasteiger partial charge in [-0.25, -0.2) is 4.79 Å². The van der Waals surface area contributed by atoms with Gasteiger partial charge in [0, 0.05) is 51.0 Å². The van der Waals surface area contributed by atoms with Crippen LogP contribution in [0.1, 0.15) is 39.0 Å². The number of anilines is 2. The molecule has 3 amide bonds. The van der Waals surface area contributed by atoms with Gasteiger partial charge in [-0.3, -0.25) is 9.69 Å². The third kappa shape index (κ3) is 6.10. The van der Waals surface area contributed by atoms with E-state index in [9.17, 15) is 9.59 Å². The van der Waals surface area contributed by atoms with Gasteiger partial charge in [0.15, 0.2) is 0 Å². The second-order valence-corrected chi connectivity index (χ2v) is 7.38. The van der Waals surface area contributed by atoms with E-state index in [0.29, 0.717) is 11.4 Å². The minimum atomic E-state index is -0.126. The smallest absolute Gasteiger partial charge is 0.321 e. The van der Waals surface area contributed by atoms with E-state index >= 15 is 0 Å². The Kier molecular flexibility index (Phi) is 6.87. The standard InChI is InChI=1S/C21H30N4O2/c1-17(26)22-19-8-5-9-20(16-19)23-21(27)25-14-12-24(13-15-25)11-10-18-6-3-2-4-7-18/h5-6,8-9,16H,2-4,7,10-15H2,1H3,(H,22,26)(H,23,27). The second kappa shape index (κ2) is 9.55. The molecular formula is C21H30N4O2. The highest BCUT2D eigenvalue weighted by molar-refractivity contribution is 5.92. The first-order valence-electron chi connectivity index (χ1n) is 9.94. The van der Waals surface area contributed by atoms with E-state index < -0.39 is 0 Å². The number of carbonyl (C=O) groups is 2. The Morgan fingerprint density at radius 1 is 1.04 bits per heavy atom. The molecule has 27 heavy (non-hydrogen) atoms. The van der Waals surface area contributed by atoms with Crippen molar-refractivity contribution in [1.29, 1.82) is 0 Å². The van der Waals surface area contributed by atoms with Gasteiger partial charge in [-0.05, 0) is 50.3 Å². The van der Waals surface area contributed by atoms with Crippen molar-refractivity contribution < 1.29 is 9.59 Å². The Morgan fingerprint density at radius 2 is 1.78 bits per heavy atom. The van der Waals surface area contributed by atoms with Crippen molar-refractivity contribution in [3.8, 4) is 0 Å². The lowest BCUT2D eigenvalue weighted by Gasteiger charge is -2.35. The molecule has 3 rings (SSSR count). The summed E-state index contributed by atoms with van der Waals surface area (Å²) in [5.41, 5.74) is 2.99. The zero-order valence-corrected chi connectivity index (χ0v) is 16.2. The van der Waals surface area contributed by atoms with Crippen LogP contribution in [0.25, 0.3) is 0 Å². The number of allylic oxidation sites excluding steroid dienone is 1. The predicted molar refractivity (Wildman–Crippen MR) is 109 cm³/mol. The fraction of sp³-hybridized carbons (Fsp3) is 0.524. The van der Waals surface area contributed by atoms with Gasteiger partial charge in [-0.15, -0.1) is 0 Å². The Bertz CT molecular complexity index is 693. The van der Waals surface area contributed by atoms with E-state index in [2.05, 4.69) is 21.6 Å². The van der Waals surface area contributed by atoms with Crippen LogP contribution in [0.3, 0.4) is 0 Å². The molecule has 2 aliphatic rings. The Balaban J connectivity index is 1.43. The number of hydrogen-bond donors (Lipinski definition) is 2. The quantitative estimate of drug-likeness (QED) is 0.777. The number of amides is 3. The largest absolute Gasteiger partial charge is 0.326 e. The van der Waals surface area contributed by atoms with Crippen LogP contribution in [0.4, 0.5) is 16.2 Å². The molecule has 146 valence electrons. The van der Waals surface area contributed by atoms with Gasteiger partial charge in [0.2, 0.25) is 5.91 Å². The van der Waals surface area contributed by atoms with E-state index in [-0.39, 0.29) is 11.9 Å². The minimum absolute atomic E-state index is 0.0791. The third-order valence-electron chi connectivity index (χ3n) is 5.23. The first kappa shape index (κ1) is 19.4. The maximum absolute atomic E-state index is 12.5. The van der Waals surface area contributed by atoms with Gasteiger partial charge in [0.25, 0.3) is 0 Å². The van der Waals surface area contributed by atoms with Gasteiger partial charge in [-0.2, -0.15) is 0 Å². The molecular weight excluding hydrogens is 340 g/mol. The van der Waals surface area contributed by atoms with Crippen molar-refractivity contribution in [2.24, 2.45) is 0 Å². The van der Waals surface area contributed by atoms with Crippen LogP contribution in [-0.2, 0) is 4.79 Å². The third-order valence-corrected chi connectivity index (χ3v) is 5.23. The summed E-state index contributed by atoms with van der Waals surface area (Å²) in [7, 11) is 0. The highest BCUT2D eigenvalue weighted by Gasteiger charge is 2.21. The highest BCUT2D eigenvalue weighted by atomic mass is 16.2. The van der Waals surface area contributed by atoms with E-state index in [1.807, 2.05) is 17.0 Å². The van der Waals surface area contributed by atoms with Crippen molar-refractivity contribution in [3.05, 3.63) is 35.9 Å². The molecule has 0 saturated carbocycles. The molecule has 0 radical (unpaired) electrons. The molecule has 0 atom stereocenters. The monoisotopic (exact) mass is 370 g/mol. The summed E-state index contributed by atoms with van der Waals surface area (Å²) in [6, 6.07) is 7.14. The summed E-state index contributed by atoms with van der Waals surface area (Å²) in [6.45, 7) is 5.90. The Hall–Kier alpha value is -2.34. The molecule has 0 bridgehead atoms. The average Bonchev–Trinajstić information content (AvgIpc) is 2.67. The van der Waals surface area contributed by atoms with E-state index in [1.165, 1.54) is 39.0 Å². The number of carbonyl (C=O) groups excluding carboxylic acids is 2. The maximum Gasteiger partial charge on any atom is 0.321 e. The molecule has 1 saturated heterocycles. The predicted octanol–water partition coefficient (Wildman–Crippen LogP) is 3.69.